The van der Waals surface area contributed by atoms with Crippen LogP contribution in [-0.4, -0.2) is 37.2 Å². The van der Waals surface area contributed by atoms with E-state index in [0.29, 0.717) is 12.3 Å². The van der Waals surface area contributed by atoms with Crippen LogP contribution in [0.5, 0.6) is 0 Å². The Morgan fingerprint density at radius 3 is 2.64 bits per heavy atom. The molecule has 1 N–H and O–H groups in total. The van der Waals surface area contributed by atoms with E-state index in [4.69, 9.17) is 4.42 Å². The van der Waals surface area contributed by atoms with Crippen molar-refractivity contribution in [1.82, 2.24) is 10.2 Å². The fraction of sp³-hybridized carbons (Fsp3) is 0.353. The van der Waals surface area contributed by atoms with E-state index in [9.17, 15) is 4.79 Å². The molecule has 1 aromatic heterocycles. The molecule has 22 heavy (non-hydrogen) atoms. The maximum absolute atomic E-state index is 11.9. The fourth-order valence-corrected chi connectivity index (χ4v) is 2.93. The Morgan fingerprint density at radius 1 is 1.23 bits per heavy atom. The monoisotopic (exact) mass is 318 g/mol. The Kier molecular flexibility index (Phi) is 6.55. The van der Waals surface area contributed by atoms with Crippen molar-refractivity contribution < 1.29 is 9.21 Å². The van der Waals surface area contributed by atoms with Gasteiger partial charge in [-0.1, -0.05) is 30.3 Å². The molecule has 0 aliphatic heterocycles. The average Bonchev–Trinajstić information content (AvgIpc) is 3.02. The number of thioether (sulfide) groups is 1. The Labute approximate surface area is 135 Å². The van der Waals surface area contributed by atoms with Crippen LogP contribution in [0.15, 0.2) is 53.1 Å². The van der Waals surface area contributed by atoms with Crippen LogP contribution in [0.25, 0.3) is 0 Å². The molecular formula is C17H22N2O2S. The van der Waals surface area contributed by atoms with Gasteiger partial charge in [-0.25, -0.2) is 0 Å². The highest BCUT2D eigenvalue weighted by Gasteiger charge is 2.17. The summed E-state index contributed by atoms with van der Waals surface area (Å²) in [7, 11) is 3.95. The van der Waals surface area contributed by atoms with Crippen molar-refractivity contribution in [2.75, 3.05) is 26.4 Å². The summed E-state index contributed by atoms with van der Waals surface area (Å²) in [6.07, 6.45) is 1.66. The zero-order valence-electron chi connectivity index (χ0n) is 13.0. The van der Waals surface area contributed by atoms with Crippen molar-refractivity contribution >= 4 is 17.7 Å². The maximum atomic E-state index is 11.9. The summed E-state index contributed by atoms with van der Waals surface area (Å²) in [5.74, 6) is 2.23. The van der Waals surface area contributed by atoms with Gasteiger partial charge in [0.25, 0.3) is 0 Å². The van der Waals surface area contributed by atoms with Gasteiger partial charge in [-0.15, -0.1) is 11.8 Å². The standard InChI is InChI=1S/C17H22N2O2S/c1-19(2)15(16-9-6-10-21-16)11-18-17(20)13-22-12-14-7-4-3-5-8-14/h3-10,15H,11-13H2,1-2H3,(H,18,20). The van der Waals surface area contributed by atoms with Crippen molar-refractivity contribution in [2.45, 2.75) is 11.8 Å². The minimum atomic E-state index is 0.0538. The number of benzene rings is 1. The predicted octanol–water partition coefficient (Wildman–Crippen LogP) is 2.93. The molecular weight excluding hydrogens is 296 g/mol. The molecule has 0 saturated carbocycles. The first-order chi connectivity index (χ1) is 10.7. The molecule has 0 spiro atoms. The molecule has 1 aromatic carbocycles. The molecule has 1 unspecified atom stereocenters. The molecule has 118 valence electrons. The first-order valence-corrected chi connectivity index (χ1v) is 8.40. The molecule has 2 aromatic rings. The van der Waals surface area contributed by atoms with Crippen LogP contribution >= 0.6 is 11.8 Å². The van der Waals surface area contributed by atoms with E-state index < -0.39 is 0 Å². The lowest BCUT2D eigenvalue weighted by Crippen LogP contribution is -2.35. The van der Waals surface area contributed by atoms with Crippen molar-refractivity contribution in [3.63, 3.8) is 0 Å². The topological polar surface area (TPSA) is 45.5 Å². The maximum Gasteiger partial charge on any atom is 0.230 e. The van der Waals surface area contributed by atoms with Gasteiger partial charge < -0.3 is 9.73 Å². The molecule has 5 heteroatoms. The Morgan fingerprint density at radius 2 is 2.00 bits per heavy atom. The first-order valence-electron chi connectivity index (χ1n) is 7.25. The van der Waals surface area contributed by atoms with Crippen LogP contribution in [0.2, 0.25) is 0 Å². The average molecular weight is 318 g/mol. The number of hydrogen-bond donors (Lipinski definition) is 1. The number of carbonyl (C=O) groups excluding carboxylic acids is 1. The normalized spacial score (nSPS) is 12.3. The third-order valence-electron chi connectivity index (χ3n) is 3.33. The summed E-state index contributed by atoms with van der Waals surface area (Å²) in [5, 5.41) is 2.98. The summed E-state index contributed by atoms with van der Waals surface area (Å²) < 4.78 is 5.43. The molecule has 1 atom stereocenters. The summed E-state index contributed by atoms with van der Waals surface area (Å²) in [5.41, 5.74) is 1.24. The van der Waals surface area contributed by atoms with Gasteiger partial charge in [-0.2, -0.15) is 0 Å². The van der Waals surface area contributed by atoms with E-state index in [0.717, 1.165) is 11.5 Å². The molecule has 0 bridgehead atoms. The zero-order chi connectivity index (χ0) is 15.8. The van der Waals surface area contributed by atoms with Gasteiger partial charge in [0, 0.05) is 12.3 Å². The largest absolute Gasteiger partial charge is 0.468 e. The molecule has 0 fully saturated rings. The zero-order valence-corrected chi connectivity index (χ0v) is 13.8. The van der Waals surface area contributed by atoms with Gasteiger partial charge >= 0.3 is 0 Å². The lowest BCUT2D eigenvalue weighted by molar-refractivity contribution is -0.118. The summed E-state index contributed by atoms with van der Waals surface area (Å²) >= 11 is 1.62. The number of carbonyl (C=O) groups is 1. The minimum Gasteiger partial charge on any atom is -0.468 e. The van der Waals surface area contributed by atoms with Gasteiger partial charge in [0.1, 0.15) is 5.76 Å². The summed E-state index contributed by atoms with van der Waals surface area (Å²) in [6, 6.07) is 14.0. The van der Waals surface area contributed by atoms with Gasteiger partial charge in [0.2, 0.25) is 5.91 Å². The second kappa shape index (κ2) is 8.66. The number of hydrogen-bond acceptors (Lipinski definition) is 4. The third kappa shape index (κ3) is 5.24. The Balaban J connectivity index is 1.72. The van der Waals surface area contributed by atoms with Crippen LogP contribution < -0.4 is 5.32 Å². The van der Waals surface area contributed by atoms with Gasteiger partial charge in [-0.05, 0) is 31.8 Å². The first kappa shape index (κ1) is 16.6. The third-order valence-corrected chi connectivity index (χ3v) is 4.34. The van der Waals surface area contributed by atoms with Gasteiger partial charge in [-0.3, -0.25) is 9.69 Å². The van der Waals surface area contributed by atoms with Crippen LogP contribution in [0.3, 0.4) is 0 Å². The number of amides is 1. The lowest BCUT2D eigenvalue weighted by atomic mass is 10.2. The molecule has 1 heterocycles. The number of likely N-dealkylation sites (N-methyl/N-ethyl adjacent to an activating group) is 1. The highest BCUT2D eigenvalue weighted by atomic mass is 32.2. The second-order valence-corrected chi connectivity index (χ2v) is 6.26. The molecule has 0 aliphatic rings. The van der Waals surface area contributed by atoms with Crippen LogP contribution in [-0.2, 0) is 10.5 Å². The Bertz CT molecular complexity index is 555. The van der Waals surface area contributed by atoms with Gasteiger partial charge in [0.05, 0.1) is 18.1 Å². The van der Waals surface area contributed by atoms with E-state index in [1.165, 1.54) is 5.56 Å². The second-order valence-electron chi connectivity index (χ2n) is 5.28. The molecule has 1 amide bonds. The smallest absolute Gasteiger partial charge is 0.230 e. The molecule has 2 rings (SSSR count). The molecule has 0 radical (unpaired) electrons. The molecule has 0 saturated heterocycles. The van der Waals surface area contributed by atoms with E-state index in [2.05, 4.69) is 17.4 Å². The predicted molar refractivity (Wildman–Crippen MR) is 90.7 cm³/mol. The van der Waals surface area contributed by atoms with Crippen LogP contribution in [0.1, 0.15) is 17.4 Å². The lowest BCUT2D eigenvalue weighted by Gasteiger charge is -2.22. The fourth-order valence-electron chi connectivity index (χ4n) is 2.12. The van der Waals surface area contributed by atoms with E-state index in [-0.39, 0.29) is 11.9 Å². The molecule has 4 nitrogen and oxygen atoms in total. The van der Waals surface area contributed by atoms with Gasteiger partial charge in [0.15, 0.2) is 0 Å². The quantitative estimate of drug-likeness (QED) is 0.813. The summed E-state index contributed by atoms with van der Waals surface area (Å²) in [4.78, 5) is 14.0. The highest BCUT2D eigenvalue weighted by Crippen LogP contribution is 2.17. The van der Waals surface area contributed by atoms with Crippen LogP contribution in [0.4, 0.5) is 0 Å². The van der Waals surface area contributed by atoms with Crippen molar-refractivity contribution in [2.24, 2.45) is 0 Å². The number of rotatable bonds is 8. The number of nitrogens with zero attached hydrogens (tertiary/aromatic N) is 1. The molecule has 0 aliphatic carbocycles. The summed E-state index contributed by atoms with van der Waals surface area (Å²) in [6.45, 7) is 0.547. The van der Waals surface area contributed by atoms with Crippen molar-refractivity contribution in [3.8, 4) is 0 Å². The van der Waals surface area contributed by atoms with Crippen LogP contribution in [0, 0.1) is 0 Å². The van der Waals surface area contributed by atoms with E-state index >= 15 is 0 Å². The van der Waals surface area contributed by atoms with E-state index in [1.807, 2.05) is 49.3 Å². The number of furan rings is 1. The van der Waals surface area contributed by atoms with Crippen molar-refractivity contribution in [1.29, 1.82) is 0 Å². The van der Waals surface area contributed by atoms with E-state index in [1.54, 1.807) is 18.0 Å². The van der Waals surface area contributed by atoms with Crippen molar-refractivity contribution in [3.05, 3.63) is 60.1 Å². The minimum absolute atomic E-state index is 0.0538. The SMILES string of the molecule is CN(C)C(CNC(=O)CSCc1ccccc1)c1ccco1. The number of nitrogens with one attached hydrogen (secondary N) is 1. The highest BCUT2D eigenvalue weighted by molar-refractivity contribution is 7.99. The Hall–Kier alpha value is -1.72.